The molecule has 1 saturated heterocycles. The van der Waals surface area contributed by atoms with Crippen LogP contribution in [0.15, 0.2) is 53.4 Å². The molecule has 1 aliphatic rings. The molecule has 2 N–H and O–H groups in total. The van der Waals surface area contributed by atoms with Crippen molar-refractivity contribution in [2.45, 2.75) is 18.9 Å². The summed E-state index contributed by atoms with van der Waals surface area (Å²) in [5.74, 6) is 8.50. The number of hydrazine groups is 1. The number of nitrogens with two attached hydrogens (primary N) is 1. The highest BCUT2D eigenvalue weighted by atomic mass is 79.9. The molecular weight excluding hydrogens is 616 g/mol. The average Bonchev–Trinajstić information content (AvgIpc) is 3.03. The summed E-state index contributed by atoms with van der Waals surface area (Å²) in [5, 5.41) is 1.55. The predicted octanol–water partition coefficient (Wildman–Crippen LogP) is 5.22. The predicted molar refractivity (Wildman–Crippen MR) is 177 cm³/mol. The zero-order chi connectivity index (χ0) is 30.0. The molecule has 42 heavy (non-hydrogen) atoms. The molecule has 2 aromatic carbocycles. The monoisotopic (exact) mass is 652 g/mol. The summed E-state index contributed by atoms with van der Waals surface area (Å²) in [4.78, 5) is 25.2. The molecule has 0 bridgehead atoms. The molecule has 0 aliphatic carbocycles. The Hall–Kier alpha value is -3.39. The van der Waals surface area contributed by atoms with E-state index < -0.39 is 0 Å². The van der Waals surface area contributed by atoms with Gasteiger partial charge in [-0.05, 0) is 67.1 Å². The number of fused-ring (bicyclic) bond motifs is 1. The van der Waals surface area contributed by atoms with Gasteiger partial charge in [-0.1, -0.05) is 11.9 Å². The van der Waals surface area contributed by atoms with Crippen LogP contribution in [-0.2, 0) is 0 Å². The second kappa shape index (κ2) is 12.9. The van der Waals surface area contributed by atoms with Gasteiger partial charge in [0.25, 0.3) is 0 Å². The van der Waals surface area contributed by atoms with E-state index in [0.29, 0.717) is 22.3 Å². The lowest BCUT2D eigenvalue weighted by molar-refractivity contribution is 0.249. The largest absolute Gasteiger partial charge is 0.494 e. The molecule has 0 amide bonds. The third-order valence-electron chi connectivity index (χ3n) is 7.77. The number of piperidine rings is 1. The minimum Gasteiger partial charge on any atom is -0.494 e. The number of rotatable bonds is 9. The number of hydrogen-bond acceptors (Lipinski definition) is 12. The zero-order valence-corrected chi connectivity index (χ0v) is 27.2. The van der Waals surface area contributed by atoms with E-state index in [1.807, 2.05) is 41.7 Å². The fourth-order valence-corrected chi connectivity index (χ4v) is 6.03. The second-order valence-corrected chi connectivity index (χ2v) is 12.1. The molecule has 3 heterocycles. The van der Waals surface area contributed by atoms with E-state index in [1.54, 1.807) is 42.7 Å². The van der Waals surface area contributed by atoms with Crippen LogP contribution in [0.4, 0.5) is 34.5 Å². The number of aromatic nitrogens is 4. The van der Waals surface area contributed by atoms with E-state index in [2.05, 4.69) is 73.0 Å². The Balaban J connectivity index is 1.46. The maximum absolute atomic E-state index is 6.77. The van der Waals surface area contributed by atoms with Crippen molar-refractivity contribution in [3.05, 3.63) is 53.4 Å². The third kappa shape index (κ3) is 5.91. The standard InChI is InChI=1S/C29H37BrN10OS/c1-36(2)19-11-15-39(16-12-19)20-7-9-23(25(17-20)41-5)37(3)29-34-18-21(30)28(35-29)40(31)24-10-8-22-26(33-14-13-32-22)27(24)38(4)42-6/h7-10,13-14,17-19H,11-12,15-16,31H2,1-6H3. The van der Waals surface area contributed by atoms with Crippen molar-refractivity contribution in [2.24, 2.45) is 5.84 Å². The summed E-state index contributed by atoms with van der Waals surface area (Å²) >= 11 is 5.17. The van der Waals surface area contributed by atoms with Gasteiger partial charge in [0.2, 0.25) is 5.95 Å². The van der Waals surface area contributed by atoms with Crippen molar-refractivity contribution in [1.82, 2.24) is 24.8 Å². The van der Waals surface area contributed by atoms with Crippen LogP contribution in [0.1, 0.15) is 12.8 Å². The maximum Gasteiger partial charge on any atom is 0.231 e. The van der Waals surface area contributed by atoms with Crippen LogP contribution in [-0.4, -0.2) is 85.5 Å². The Kier molecular flexibility index (Phi) is 9.21. The van der Waals surface area contributed by atoms with Crippen LogP contribution in [0.2, 0.25) is 0 Å². The van der Waals surface area contributed by atoms with E-state index in [1.165, 1.54) is 0 Å². The molecule has 1 fully saturated rings. The molecule has 13 heteroatoms. The summed E-state index contributed by atoms with van der Waals surface area (Å²) in [6, 6.07) is 10.8. The Labute approximate surface area is 259 Å². The SMILES string of the molecule is COc1cc(N2CCC(N(C)C)CC2)ccc1N(C)c1ncc(Br)c(N(N)c2ccc3nccnc3c2N(C)SC)n1. The van der Waals surface area contributed by atoms with Crippen LogP contribution >= 0.6 is 27.9 Å². The quantitative estimate of drug-likeness (QED) is 0.146. The van der Waals surface area contributed by atoms with Crippen molar-refractivity contribution < 1.29 is 4.74 Å². The Bertz CT molecular complexity index is 1550. The summed E-state index contributed by atoms with van der Waals surface area (Å²) in [6.45, 7) is 2.03. The number of benzene rings is 2. The average molecular weight is 654 g/mol. The first-order valence-corrected chi connectivity index (χ1v) is 15.6. The van der Waals surface area contributed by atoms with Gasteiger partial charge < -0.3 is 23.7 Å². The first kappa shape index (κ1) is 30.1. The van der Waals surface area contributed by atoms with E-state index in [9.17, 15) is 0 Å². The topological polar surface area (TPSA) is 103 Å². The highest BCUT2D eigenvalue weighted by molar-refractivity contribution is 9.10. The molecule has 11 nitrogen and oxygen atoms in total. The van der Waals surface area contributed by atoms with Crippen molar-refractivity contribution in [2.75, 3.05) is 73.8 Å². The number of methoxy groups -OCH3 is 1. The summed E-state index contributed by atoms with van der Waals surface area (Å²) in [7, 11) is 9.90. The number of anilines is 6. The van der Waals surface area contributed by atoms with E-state index >= 15 is 0 Å². The van der Waals surface area contributed by atoms with Gasteiger partial charge in [-0.25, -0.2) is 10.8 Å². The lowest BCUT2D eigenvalue weighted by Gasteiger charge is -2.36. The highest BCUT2D eigenvalue weighted by Crippen LogP contribution is 2.41. The molecule has 2 aromatic heterocycles. The summed E-state index contributed by atoms with van der Waals surface area (Å²) < 4.78 is 8.52. The van der Waals surface area contributed by atoms with Crippen molar-refractivity contribution >= 4 is 73.4 Å². The zero-order valence-electron chi connectivity index (χ0n) is 24.8. The first-order chi connectivity index (χ1) is 20.2. The van der Waals surface area contributed by atoms with E-state index in [0.717, 1.165) is 65.5 Å². The first-order valence-electron chi connectivity index (χ1n) is 13.7. The third-order valence-corrected chi connectivity index (χ3v) is 9.06. The molecule has 222 valence electrons. The van der Waals surface area contributed by atoms with Gasteiger partial charge in [-0.15, -0.1) is 0 Å². The van der Waals surface area contributed by atoms with Gasteiger partial charge in [0.05, 0.1) is 28.5 Å². The second-order valence-electron chi connectivity index (χ2n) is 10.3. The smallest absolute Gasteiger partial charge is 0.231 e. The summed E-state index contributed by atoms with van der Waals surface area (Å²) in [6.07, 6.45) is 9.35. The van der Waals surface area contributed by atoms with Gasteiger partial charge in [0.15, 0.2) is 5.82 Å². The molecule has 1 aliphatic heterocycles. The van der Waals surface area contributed by atoms with E-state index in [4.69, 9.17) is 15.6 Å². The molecular formula is C29H37BrN10OS. The molecule has 0 spiro atoms. The Morgan fingerprint density at radius 3 is 2.40 bits per heavy atom. The number of nitrogens with zero attached hydrogens (tertiary/aromatic N) is 9. The minimum atomic E-state index is 0.474. The molecule has 0 unspecified atom stereocenters. The Morgan fingerprint density at radius 2 is 1.71 bits per heavy atom. The fraction of sp³-hybridized carbons (Fsp3) is 0.379. The van der Waals surface area contributed by atoms with Gasteiger partial charge in [0.1, 0.15) is 17.0 Å². The van der Waals surface area contributed by atoms with Crippen molar-refractivity contribution in [3.8, 4) is 5.75 Å². The lowest BCUT2D eigenvalue weighted by Crippen LogP contribution is -2.42. The van der Waals surface area contributed by atoms with Gasteiger partial charge in [0, 0.05) is 69.8 Å². The van der Waals surface area contributed by atoms with Crippen LogP contribution in [0.25, 0.3) is 11.0 Å². The summed E-state index contributed by atoms with van der Waals surface area (Å²) in [5.41, 5.74) is 5.10. The van der Waals surface area contributed by atoms with Crippen LogP contribution in [0, 0.1) is 0 Å². The van der Waals surface area contributed by atoms with Crippen molar-refractivity contribution in [3.63, 3.8) is 0 Å². The lowest BCUT2D eigenvalue weighted by atomic mass is 10.0. The van der Waals surface area contributed by atoms with Crippen LogP contribution in [0.5, 0.6) is 5.75 Å². The van der Waals surface area contributed by atoms with Crippen molar-refractivity contribution in [1.29, 1.82) is 0 Å². The molecule has 0 radical (unpaired) electrons. The number of hydrogen-bond donors (Lipinski definition) is 1. The fourth-order valence-electron chi connectivity index (χ4n) is 5.29. The molecule has 0 saturated carbocycles. The molecule has 5 rings (SSSR count). The normalized spacial score (nSPS) is 14.0. The maximum atomic E-state index is 6.77. The minimum absolute atomic E-state index is 0.474. The molecule has 0 atom stereocenters. The van der Waals surface area contributed by atoms with Gasteiger partial charge in [-0.3, -0.25) is 15.0 Å². The van der Waals surface area contributed by atoms with Crippen LogP contribution in [0.3, 0.4) is 0 Å². The van der Waals surface area contributed by atoms with Gasteiger partial charge >= 0.3 is 0 Å². The number of halogens is 1. The molecule has 4 aromatic rings. The Morgan fingerprint density at radius 1 is 1.00 bits per heavy atom. The van der Waals surface area contributed by atoms with Crippen LogP contribution < -0.4 is 29.7 Å². The number of ether oxygens (including phenoxy) is 1. The van der Waals surface area contributed by atoms with Gasteiger partial charge in [-0.2, -0.15) is 4.98 Å². The highest BCUT2D eigenvalue weighted by Gasteiger charge is 2.24. The van der Waals surface area contributed by atoms with E-state index in [-0.39, 0.29) is 0 Å².